The van der Waals surface area contributed by atoms with E-state index in [1.165, 1.54) is 0 Å². The monoisotopic (exact) mass is 532 g/mol. The van der Waals surface area contributed by atoms with Gasteiger partial charge in [0, 0.05) is 17.8 Å². The van der Waals surface area contributed by atoms with Crippen LogP contribution >= 0.6 is 34.8 Å². The van der Waals surface area contributed by atoms with Crippen LogP contribution < -0.4 is 5.32 Å². The van der Waals surface area contributed by atoms with Gasteiger partial charge in [0.25, 0.3) is 0 Å². The molecular formula is C28H35Cl3N4. The van der Waals surface area contributed by atoms with Gasteiger partial charge in [-0.3, -0.25) is 0 Å². The molecule has 188 valence electrons. The fourth-order valence-corrected chi connectivity index (χ4v) is 5.67. The van der Waals surface area contributed by atoms with Crippen molar-refractivity contribution < 1.29 is 0 Å². The average Bonchev–Trinajstić information content (AvgIpc) is 2.78. The molecule has 0 saturated carbocycles. The molecule has 0 bridgehead atoms. The smallest absolute Gasteiger partial charge is 0.122 e. The summed E-state index contributed by atoms with van der Waals surface area (Å²) in [5, 5.41) is 32.2. The molecule has 0 fully saturated rings. The van der Waals surface area contributed by atoms with E-state index in [1.807, 2.05) is 6.07 Å². The molecule has 0 radical (unpaired) electrons. The molecule has 0 amide bonds. The largest absolute Gasteiger partial charge is 0.387 e. The van der Waals surface area contributed by atoms with Gasteiger partial charge in [-0.15, -0.1) is 0 Å². The Morgan fingerprint density at radius 3 is 1.94 bits per heavy atom. The predicted molar refractivity (Wildman–Crippen MR) is 144 cm³/mol. The maximum Gasteiger partial charge on any atom is 0.122 e. The molecule has 0 spiro atoms. The van der Waals surface area contributed by atoms with Crippen LogP contribution in [0.25, 0.3) is 0 Å². The minimum Gasteiger partial charge on any atom is -0.387 e. The summed E-state index contributed by atoms with van der Waals surface area (Å²) in [7, 11) is 0. The van der Waals surface area contributed by atoms with Gasteiger partial charge in [-0.2, -0.15) is 15.8 Å². The highest BCUT2D eigenvalue weighted by atomic mass is 35.5. The normalized spacial score (nSPS) is 20.6. The highest BCUT2D eigenvalue weighted by molar-refractivity contribution is 6.56. The molecule has 1 N–H and O–H groups in total. The molecule has 4 nitrogen and oxygen atoms in total. The summed E-state index contributed by atoms with van der Waals surface area (Å²) in [5.74, 6) is 0. The molecule has 0 aromatic rings. The first-order valence-corrected chi connectivity index (χ1v) is 13.4. The van der Waals surface area contributed by atoms with E-state index in [-0.39, 0.29) is 20.4 Å². The highest BCUT2D eigenvalue weighted by Crippen LogP contribution is 2.45. The van der Waals surface area contributed by atoms with Crippen molar-refractivity contribution >= 4 is 34.8 Å². The van der Waals surface area contributed by atoms with Crippen molar-refractivity contribution in [3.05, 3.63) is 43.1 Å². The van der Waals surface area contributed by atoms with Gasteiger partial charge >= 0.3 is 0 Å². The van der Waals surface area contributed by atoms with Crippen LogP contribution in [0.3, 0.4) is 0 Å². The van der Waals surface area contributed by atoms with Gasteiger partial charge in [-0.1, -0.05) is 87.3 Å². The van der Waals surface area contributed by atoms with Crippen molar-refractivity contribution in [2.24, 2.45) is 10.8 Å². The van der Waals surface area contributed by atoms with E-state index >= 15 is 0 Å². The lowest BCUT2D eigenvalue weighted by atomic mass is 9.71. The third kappa shape index (κ3) is 8.33. The molecule has 0 saturated heterocycles. The standard InChI is InChI=1S/C28H35Cl3N4/c1-27(2)12-19(22(16-32)20(13-27)24(29)18-34)10-8-6-5-7-9-11-35-25-15-28(3,4)14-21(26(30)31)23(25)17-33/h35H,5-15H2,1-4H3/b24-20+. The summed E-state index contributed by atoms with van der Waals surface area (Å²) < 4.78 is 0.183. The van der Waals surface area contributed by atoms with Crippen LogP contribution in [0.15, 0.2) is 43.1 Å². The van der Waals surface area contributed by atoms with E-state index in [9.17, 15) is 15.8 Å². The van der Waals surface area contributed by atoms with Crippen LogP contribution in [0, 0.1) is 44.8 Å². The number of unbranched alkanes of at least 4 members (excludes halogenated alkanes) is 4. The maximum absolute atomic E-state index is 9.71. The first-order valence-electron chi connectivity index (χ1n) is 12.3. The summed E-state index contributed by atoms with van der Waals surface area (Å²) >= 11 is 18.3. The number of allylic oxidation sites excluding steroid dienone is 7. The Morgan fingerprint density at radius 2 is 1.34 bits per heavy atom. The lowest BCUT2D eigenvalue weighted by Crippen LogP contribution is -2.28. The lowest BCUT2D eigenvalue weighted by molar-refractivity contribution is 0.338. The zero-order valence-electron chi connectivity index (χ0n) is 21.3. The van der Waals surface area contributed by atoms with Crippen molar-refractivity contribution in [3.8, 4) is 18.2 Å². The van der Waals surface area contributed by atoms with Gasteiger partial charge in [-0.05, 0) is 61.3 Å². The zero-order chi connectivity index (χ0) is 26.2. The molecule has 2 rings (SSSR count). The minimum atomic E-state index is 0.00106. The number of nitriles is 3. The van der Waals surface area contributed by atoms with Crippen molar-refractivity contribution in [1.29, 1.82) is 15.8 Å². The summed E-state index contributed by atoms with van der Waals surface area (Å²) in [5.41, 5.74) is 4.74. The van der Waals surface area contributed by atoms with Crippen molar-refractivity contribution in [3.63, 3.8) is 0 Å². The van der Waals surface area contributed by atoms with Crippen molar-refractivity contribution in [2.75, 3.05) is 6.54 Å². The number of nitrogens with zero attached hydrogens (tertiary/aromatic N) is 3. The third-order valence-electron chi connectivity index (χ3n) is 6.73. The van der Waals surface area contributed by atoms with Crippen LogP contribution in [-0.2, 0) is 0 Å². The third-order valence-corrected chi connectivity index (χ3v) is 7.49. The minimum absolute atomic E-state index is 0.00106. The number of hydrogen-bond donors (Lipinski definition) is 1. The quantitative estimate of drug-likeness (QED) is 0.237. The van der Waals surface area contributed by atoms with E-state index in [0.717, 1.165) is 74.8 Å². The van der Waals surface area contributed by atoms with Gasteiger partial charge in [0.05, 0.1) is 17.2 Å². The topological polar surface area (TPSA) is 83.4 Å². The zero-order valence-corrected chi connectivity index (χ0v) is 23.5. The van der Waals surface area contributed by atoms with E-state index in [2.05, 4.69) is 45.2 Å². The van der Waals surface area contributed by atoms with Crippen LogP contribution in [-0.4, -0.2) is 6.54 Å². The molecular weight excluding hydrogens is 499 g/mol. The Morgan fingerprint density at radius 1 is 0.771 bits per heavy atom. The molecule has 0 unspecified atom stereocenters. The van der Waals surface area contributed by atoms with Crippen LogP contribution in [0.1, 0.15) is 91.9 Å². The Hall–Kier alpha value is -1.90. The summed E-state index contributed by atoms with van der Waals surface area (Å²) in [6.07, 6.45) is 9.21. The van der Waals surface area contributed by atoms with Crippen LogP contribution in [0.5, 0.6) is 0 Å². The first kappa shape index (κ1) is 29.3. The fraction of sp³-hybridized carbons (Fsp3) is 0.607. The molecule has 0 aromatic carbocycles. The second kappa shape index (κ2) is 12.9. The molecule has 35 heavy (non-hydrogen) atoms. The Bertz CT molecular complexity index is 1060. The summed E-state index contributed by atoms with van der Waals surface area (Å²) in [4.78, 5) is 0. The van der Waals surface area contributed by atoms with Crippen LogP contribution in [0.4, 0.5) is 0 Å². The SMILES string of the molecule is CC1(C)CC(NCCCCCCCC2=C(C#N)/C(=C(/Cl)C#N)CC(C)(C)C2)=C(C#N)C(=C(Cl)Cl)C1. The summed E-state index contributed by atoms with van der Waals surface area (Å²) in [6, 6.07) is 6.61. The van der Waals surface area contributed by atoms with Crippen LogP contribution in [0.2, 0.25) is 0 Å². The van der Waals surface area contributed by atoms with Gasteiger partial charge in [0.1, 0.15) is 21.7 Å². The van der Waals surface area contributed by atoms with Gasteiger partial charge < -0.3 is 5.32 Å². The molecule has 2 aliphatic rings. The van der Waals surface area contributed by atoms with E-state index in [1.54, 1.807) is 0 Å². The van der Waals surface area contributed by atoms with E-state index in [0.29, 0.717) is 29.6 Å². The number of nitrogens with one attached hydrogen (secondary N) is 1. The fourth-order valence-electron chi connectivity index (χ4n) is 5.18. The second-order valence-corrected chi connectivity index (χ2v) is 12.5. The number of rotatable bonds is 9. The first-order chi connectivity index (χ1) is 16.4. The van der Waals surface area contributed by atoms with E-state index in [4.69, 9.17) is 34.8 Å². The maximum atomic E-state index is 9.71. The lowest BCUT2D eigenvalue weighted by Gasteiger charge is -2.33. The van der Waals surface area contributed by atoms with Crippen molar-refractivity contribution in [2.45, 2.75) is 91.9 Å². The Labute approximate surface area is 225 Å². The molecule has 0 atom stereocenters. The van der Waals surface area contributed by atoms with E-state index < -0.39 is 0 Å². The van der Waals surface area contributed by atoms with Gasteiger partial charge in [0.15, 0.2) is 0 Å². The predicted octanol–water partition coefficient (Wildman–Crippen LogP) is 8.86. The Kier molecular flexibility index (Phi) is 10.8. The van der Waals surface area contributed by atoms with Gasteiger partial charge in [-0.25, -0.2) is 0 Å². The molecule has 0 aromatic heterocycles. The molecule has 0 aliphatic heterocycles. The van der Waals surface area contributed by atoms with Gasteiger partial charge in [0.2, 0.25) is 0 Å². The highest BCUT2D eigenvalue weighted by Gasteiger charge is 2.33. The Balaban J connectivity index is 1.85. The summed E-state index contributed by atoms with van der Waals surface area (Å²) in [6.45, 7) is 9.45. The molecule has 7 heteroatoms. The van der Waals surface area contributed by atoms with Crippen molar-refractivity contribution in [1.82, 2.24) is 5.32 Å². The molecule has 0 heterocycles. The number of hydrogen-bond acceptors (Lipinski definition) is 4. The number of halogens is 3. The second-order valence-electron chi connectivity index (χ2n) is 11.2. The average molecular weight is 534 g/mol. The molecule has 2 aliphatic carbocycles.